The summed E-state index contributed by atoms with van der Waals surface area (Å²) in [7, 11) is 0. The van der Waals surface area contributed by atoms with Gasteiger partial charge in [0.1, 0.15) is 6.54 Å². The number of imide groups is 1. The van der Waals surface area contributed by atoms with Gasteiger partial charge in [-0.15, -0.1) is 0 Å². The van der Waals surface area contributed by atoms with E-state index < -0.39 is 30.3 Å². The first-order valence-electron chi connectivity index (χ1n) is 5.12. The van der Waals surface area contributed by atoms with Gasteiger partial charge in [0.05, 0.1) is 12.6 Å². The van der Waals surface area contributed by atoms with Crippen LogP contribution in [0.5, 0.6) is 0 Å². The molecule has 7 heteroatoms. The summed E-state index contributed by atoms with van der Waals surface area (Å²) in [6.45, 7) is 0.0103. The molecular formula is C9H16N4O3. The fourth-order valence-corrected chi connectivity index (χ4v) is 1.64. The van der Waals surface area contributed by atoms with Crippen LogP contribution >= 0.6 is 0 Å². The van der Waals surface area contributed by atoms with E-state index in [0.717, 1.165) is 17.9 Å². The fraction of sp³-hybridized carbons (Fsp3) is 0.667. The monoisotopic (exact) mass is 228 g/mol. The fourth-order valence-electron chi connectivity index (χ4n) is 1.64. The molecule has 3 amide bonds. The van der Waals surface area contributed by atoms with Crippen LogP contribution < -0.4 is 16.8 Å². The molecule has 0 aliphatic carbocycles. The first-order valence-corrected chi connectivity index (χ1v) is 5.12. The molecule has 0 aromatic carbocycles. The number of nitrogens with one attached hydrogen (secondary N) is 1. The molecule has 0 radical (unpaired) electrons. The molecule has 0 spiro atoms. The normalized spacial score (nSPS) is 19.4. The van der Waals surface area contributed by atoms with Crippen molar-refractivity contribution in [2.45, 2.75) is 18.9 Å². The van der Waals surface area contributed by atoms with Gasteiger partial charge in [-0.05, 0) is 19.4 Å². The van der Waals surface area contributed by atoms with Crippen LogP contribution in [0, 0.1) is 0 Å². The molecule has 1 heterocycles. The summed E-state index contributed by atoms with van der Waals surface area (Å²) in [5, 5.41) is 2.95. The van der Waals surface area contributed by atoms with Gasteiger partial charge < -0.3 is 16.8 Å². The minimum absolute atomic E-state index is 0.314. The zero-order valence-electron chi connectivity index (χ0n) is 8.94. The van der Waals surface area contributed by atoms with Crippen LogP contribution in [0.3, 0.4) is 0 Å². The minimum Gasteiger partial charge on any atom is -0.368 e. The van der Waals surface area contributed by atoms with Crippen LogP contribution in [0.25, 0.3) is 0 Å². The van der Waals surface area contributed by atoms with Crippen LogP contribution in [0.1, 0.15) is 12.8 Å². The lowest BCUT2D eigenvalue weighted by Crippen LogP contribution is -2.51. The van der Waals surface area contributed by atoms with Crippen molar-refractivity contribution >= 4 is 17.7 Å². The number of nitrogens with two attached hydrogens (primary N) is 2. The summed E-state index contributed by atoms with van der Waals surface area (Å²) in [6, 6.07) is -0.408. The molecule has 1 rings (SSSR count). The van der Waals surface area contributed by atoms with E-state index in [-0.39, 0.29) is 6.54 Å². The largest absolute Gasteiger partial charge is 0.368 e. The van der Waals surface area contributed by atoms with E-state index in [2.05, 4.69) is 5.32 Å². The molecule has 1 atom stereocenters. The van der Waals surface area contributed by atoms with Gasteiger partial charge in [0.15, 0.2) is 0 Å². The van der Waals surface area contributed by atoms with Crippen molar-refractivity contribution < 1.29 is 14.4 Å². The second-order valence-electron chi connectivity index (χ2n) is 3.64. The Balaban J connectivity index is 2.70. The molecule has 90 valence electrons. The Morgan fingerprint density at radius 3 is 2.50 bits per heavy atom. The number of carbonyl (C=O) groups is 3. The summed E-state index contributed by atoms with van der Waals surface area (Å²) in [5.74, 6) is -1.74. The standard InChI is InChI=1S/C9H16N4O3/c10-4-8(15)13(5-7(11)14)9(16)6-2-1-3-12-6/h6,12H,1-5,10H2,(H2,11,14)/t6-/m0/s1. The average molecular weight is 228 g/mol. The Morgan fingerprint density at radius 1 is 1.38 bits per heavy atom. The lowest BCUT2D eigenvalue weighted by atomic mass is 10.2. The molecule has 1 saturated heterocycles. The third-order valence-electron chi connectivity index (χ3n) is 2.41. The summed E-state index contributed by atoms with van der Waals surface area (Å²) in [6.07, 6.45) is 1.53. The summed E-state index contributed by atoms with van der Waals surface area (Å²) in [5.41, 5.74) is 10.1. The predicted octanol–water partition coefficient (Wildman–Crippen LogP) is -2.46. The van der Waals surface area contributed by atoms with Crippen LogP contribution in [-0.2, 0) is 14.4 Å². The second-order valence-corrected chi connectivity index (χ2v) is 3.64. The number of nitrogens with zero attached hydrogens (tertiary/aromatic N) is 1. The van der Waals surface area contributed by atoms with E-state index in [1.807, 2.05) is 0 Å². The van der Waals surface area contributed by atoms with Gasteiger partial charge in [-0.3, -0.25) is 19.3 Å². The maximum absolute atomic E-state index is 11.9. The number of rotatable bonds is 4. The molecule has 0 saturated carbocycles. The Kier molecular flexibility index (Phi) is 4.39. The zero-order chi connectivity index (χ0) is 12.1. The van der Waals surface area contributed by atoms with Crippen LogP contribution in [0.15, 0.2) is 0 Å². The Morgan fingerprint density at radius 2 is 2.06 bits per heavy atom. The van der Waals surface area contributed by atoms with E-state index in [9.17, 15) is 14.4 Å². The lowest BCUT2D eigenvalue weighted by Gasteiger charge is -2.21. The van der Waals surface area contributed by atoms with Crippen molar-refractivity contribution in [1.29, 1.82) is 0 Å². The van der Waals surface area contributed by atoms with Crippen LogP contribution in [0.4, 0.5) is 0 Å². The van der Waals surface area contributed by atoms with Crippen LogP contribution in [0.2, 0.25) is 0 Å². The summed E-state index contributed by atoms with van der Waals surface area (Å²) in [4.78, 5) is 34.8. The van der Waals surface area contributed by atoms with Crippen molar-refractivity contribution in [1.82, 2.24) is 10.2 Å². The third kappa shape index (κ3) is 3.01. The number of hydrogen-bond donors (Lipinski definition) is 3. The number of primary amides is 1. The SMILES string of the molecule is NCC(=O)N(CC(N)=O)C(=O)[C@@H]1CCCN1. The smallest absolute Gasteiger partial charge is 0.246 e. The van der Waals surface area contributed by atoms with Gasteiger partial charge in [0, 0.05) is 0 Å². The van der Waals surface area contributed by atoms with Gasteiger partial charge in [-0.2, -0.15) is 0 Å². The lowest BCUT2D eigenvalue weighted by molar-refractivity contribution is -0.147. The number of carbonyl (C=O) groups excluding carboxylic acids is 3. The molecule has 0 bridgehead atoms. The summed E-state index contributed by atoms with van der Waals surface area (Å²) < 4.78 is 0. The first kappa shape index (κ1) is 12.6. The first-order chi connectivity index (χ1) is 7.56. The highest BCUT2D eigenvalue weighted by Gasteiger charge is 2.30. The van der Waals surface area contributed by atoms with Crippen molar-refractivity contribution in [2.24, 2.45) is 11.5 Å². The minimum atomic E-state index is -0.729. The van der Waals surface area contributed by atoms with E-state index in [0.29, 0.717) is 6.42 Å². The molecule has 5 N–H and O–H groups in total. The Bertz CT molecular complexity index is 299. The van der Waals surface area contributed by atoms with E-state index in [4.69, 9.17) is 11.5 Å². The molecule has 16 heavy (non-hydrogen) atoms. The van der Waals surface area contributed by atoms with Gasteiger partial charge in [-0.25, -0.2) is 0 Å². The predicted molar refractivity (Wildman–Crippen MR) is 56.0 cm³/mol. The van der Waals surface area contributed by atoms with E-state index >= 15 is 0 Å². The summed E-state index contributed by atoms with van der Waals surface area (Å²) >= 11 is 0. The Labute approximate surface area is 93.1 Å². The number of hydrogen-bond acceptors (Lipinski definition) is 5. The van der Waals surface area contributed by atoms with Crippen molar-refractivity contribution in [3.8, 4) is 0 Å². The van der Waals surface area contributed by atoms with Gasteiger partial charge in [0.2, 0.25) is 17.7 Å². The van der Waals surface area contributed by atoms with Gasteiger partial charge >= 0.3 is 0 Å². The highest BCUT2D eigenvalue weighted by atomic mass is 16.2. The molecule has 0 unspecified atom stereocenters. The number of amides is 3. The molecule has 1 aliphatic heterocycles. The molecule has 7 nitrogen and oxygen atoms in total. The van der Waals surface area contributed by atoms with Crippen LogP contribution in [-0.4, -0.2) is 48.3 Å². The molecular weight excluding hydrogens is 212 g/mol. The zero-order valence-corrected chi connectivity index (χ0v) is 8.94. The molecule has 0 aromatic heterocycles. The third-order valence-corrected chi connectivity index (χ3v) is 2.41. The van der Waals surface area contributed by atoms with Gasteiger partial charge in [-0.1, -0.05) is 0 Å². The molecule has 0 aromatic rings. The topological polar surface area (TPSA) is 119 Å². The van der Waals surface area contributed by atoms with E-state index in [1.54, 1.807) is 0 Å². The second kappa shape index (κ2) is 5.57. The van der Waals surface area contributed by atoms with Crippen molar-refractivity contribution in [3.63, 3.8) is 0 Å². The quantitative estimate of drug-likeness (QED) is 0.493. The maximum atomic E-state index is 11.9. The average Bonchev–Trinajstić information content (AvgIpc) is 2.77. The molecule has 1 aliphatic rings. The highest BCUT2D eigenvalue weighted by Crippen LogP contribution is 2.08. The highest BCUT2D eigenvalue weighted by molar-refractivity contribution is 6.01. The molecule has 1 fully saturated rings. The Hall–Kier alpha value is -1.47. The van der Waals surface area contributed by atoms with Gasteiger partial charge in [0.25, 0.3) is 0 Å². The maximum Gasteiger partial charge on any atom is 0.246 e. The van der Waals surface area contributed by atoms with E-state index in [1.165, 1.54) is 0 Å². The van der Waals surface area contributed by atoms with Crippen molar-refractivity contribution in [3.05, 3.63) is 0 Å². The van der Waals surface area contributed by atoms with Crippen molar-refractivity contribution in [2.75, 3.05) is 19.6 Å².